The van der Waals surface area contributed by atoms with E-state index in [1.807, 2.05) is 24.3 Å². The second-order valence-corrected chi connectivity index (χ2v) is 7.83. The molecule has 4 aromatic heterocycles. The Morgan fingerprint density at radius 1 is 0.853 bits per heavy atom. The maximum atomic E-state index is 13.4. The van der Waals surface area contributed by atoms with Crippen molar-refractivity contribution in [3.05, 3.63) is 93.9 Å². The normalized spacial score (nSPS) is 11.3. The summed E-state index contributed by atoms with van der Waals surface area (Å²) in [6.45, 7) is 0. The predicted molar refractivity (Wildman–Crippen MR) is 131 cm³/mol. The van der Waals surface area contributed by atoms with Crippen LogP contribution in [0.3, 0.4) is 0 Å². The van der Waals surface area contributed by atoms with Crippen molar-refractivity contribution in [2.45, 2.75) is 0 Å². The van der Waals surface area contributed by atoms with Crippen LogP contribution in [0.4, 0.5) is 5.69 Å². The lowest BCUT2D eigenvalue weighted by atomic mass is 9.94. The van der Waals surface area contributed by atoms with Crippen molar-refractivity contribution < 1.29 is 0 Å². The summed E-state index contributed by atoms with van der Waals surface area (Å²) in [5.74, 6) is 0.356. The van der Waals surface area contributed by atoms with Gasteiger partial charge >= 0.3 is 0 Å². The van der Waals surface area contributed by atoms with Gasteiger partial charge in [-0.25, -0.2) is 4.98 Å². The first-order valence-corrected chi connectivity index (χ1v) is 10.5. The maximum absolute atomic E-state index is 13.4. The highest BCUT2D eigenvalue weighted by molar-refractivity contribution is 6.09. The number of hydrogen-bond acceptors (Lipinski definition) is 6. The van der Waals surface area contributed by atoms with E-state index in [-0.39, 0.29) is 22.2 Å². The number of nitrogens with two attached hydrogens (primary N) is 1. The molecule has 0 unspecified atom stereocenters. The van der Waals surface area contributed by atoms with Crippen molar-refractivity contribution in [1.29, 1.82) is 0 Å². The van der Waals surface area contributed by atoms with Crippen LogP contribution in [-0.2, 0) is 0 Å². The van der Waals surface area contributed by atoms with Crippen LogP contribution in [0.25, 0.3) is 55.6 Å². The van der Waals surface area contributed by atoms with Crippen LogP contribution in [0.5, 0.6) is 0 Å². The SMILES string of the molecule is Nc1c(-c2cccc3[nH]ncc23)cc(-c2cccc(=O)[nH]2)c2nc(-c3cccnc3)[nH]c(=O)c12. The second-order valence-electron chi connectivity index (χ2n) is 7.83. The van der Waals surface area contributed by atoms with E-state index in [4.69, 9.17) is 10.7 Å². The zero-order valence-corrected chi connectivity index (χ0v) is 17.7. The summed E-state index contributed by atoms with van der Waals surface area (Å²) in [4.78, 5) is 40.0. The van der Waals surface area contributed by atoms with Gasteiger partial charge in [-0.1, -0.05) is 18.2 Å². The number of fused-ring (bicyclic) bond motifs is 2. The van der Waals surface area contributed by atoms with E-state index in [0.29, 0.717) is 33.7 Å². The molecule has 0 saturated heterocycles. The van der Waals surface area contributed by atoms with E-state index >= 15 is 0 Å². The summed E-state index contributed by atoms with van der Waals surface area (Å²) in [7, 11) is 0. The fraction of sp³-hybridized carbons (Fsp3) is 0. The summed E-state index contributed by atoms with van der Waals surface area (Å²) in [6, 6.07) is 16.0. The van der Waals surface area contributed by atoms with Crippen molar-refractivity contribution in [1.82, 2.24) is 30.1 Å². The zero-order chi connectivity index (χ0) is 23.2. The molecule has 6 rings (SSSR count). The standard InChI is InChI=1S/C25H17N7O2/c26-22-15(14-5-1-7-19-17(14)12-28-32-19)10-16(18-6-2-8-20(33)29-18)23-21(22)25(34)31-24(30-23)13-4-3-9-27-11-13/h1-12H,26H2,(H,28,32)(H,29,33)(H,30,31,34). The summed E-state index contributed by atoms with van der Waals surface area (Å²) in [5, 5.41) is 8.19. The van der Waals surface area contributed by atoms with Crippen LogP contribution in [-0.4, -0.2) is 30.1 Å². The quantitative estimate of drug-likeness (QED) is 0.306. The van der Waals surface area contributed by atoms with Gasteiger partial charge in [-0.05, 0) is 35.9 Å². The lowest BCUT2D eigenvalue weighted by Crippen LogP contribution is -2.14. The van der Waals surface area contributed by atoms with Gasteiger partial charge in [0.25, 0.3) is 5.56 Å². The van der Waals surface area contributed by atoms with Gasteiger partial charge in [-0.15, -0.1) is 0 Å². The van der Waals surface area contributed by atoms with Gasteiger partial charge in [0.15, 0.2) is 0 Å². The molecule has 0 atom stereocenters. The number of benzene rings is 2. The molecule has 0 spiro atoms. The number of nitrogen functional groups attached to an aromatic ring is 1. The second kappa shape index (κ2) is 7.52. The number of pyridine rings is 2. The molecule has 2 aromatic carbocycles. The molecule has 5 N–H and O–H groups in total. The number of nitrogens with zero attached hydrogens (tertiary/aromatic N) is 3. The van der Waals surface area contributed by atoms with Gasteiger partial charge in [0, 0.05) is 40.5 Å². The van der Waals surface area contributed by atoms with E-state index in [0.717, 1.165) is 16.5 Å². The molecule has 0 aliphatic heterocycles. The molecule has 0 amide bonds. The van der Waals surface area contributed by atoms with Gasteiger partial charge in [0.2, 0.25) is 5.56 Å². The Kier molecular flexibility index (Phi) is 4.34. The number of H-pyrrole nitrogens is 3. The fourth-order valence-corrected chi connectivity index (χ4v) is 4.22. The highest BCUT2D eigenvalue weighted by atomic mass is 16.1. The number of aromatic nitrogens is 6. The van der Waals surface area contributed by atoms with Crippen LogP contribution < -0.4 is 16.9 Å². The Morgan fingerprint density at radius 2 is 1.74 bits per heavy atom. The average Bonchev–Trinajstić information content (AvgIpc) is 3.34. The molecule has 6 aromatic rings. The van der Waals surface area contributed by atoms with Crippen LogP contribution in [0.15, 0.2) is 82.8 Å². The molecule has 0 aliphatic carbocycles. The minimum absolute atomic E-state index is 0.241. The van der Waals surface area contributed by atoms with Crippen LogP contribution in [0, 0.1) is 0 Å². The van der Waals surface area contributed by atoms with Gasteiger partial charge in [0.1, 0.15) is 5.82 Å². The highest BCUT2D eigenvalue weighted by Crippen LogP contribution is 2.39. The minimum Gasteiger partial charge on any atom is -0.398 e. The Bertz CT molecular complexity index is 1820. The predicted octanol–water partition coefficient (Wildman–Crippen LogP) is 3.47. The third kappa shape index (κ3) is 3.06. The number of hydrogen-bond donors (Lipinski definition) is 4. The Hall–Kier alpha value is -5.05. The van der Waals surface area contributed by atoms with Crippen LogP contribution in [0.2, 0.25) is 0 Å². The third-order valence-corrected chi connectivity index (χ3v) is 5.79. The lowest BCUT2D eigenvalue weighted by Gasteiger charge is -2.15. The van der Waals surface area contributed by atoms with E-state index in [1.54, 1.807) is 42.9 Å². The molecule has 0 fully saturated rings. The molecule has 0 saturated carbocycles. The molecule has 0 bridgehead atoms. The Morgan fingerprint density at radius 3 is 2.56 bits per heavy atom. The zero-order valence-electron chi connectivity index (χ0n) is 17.7. The Balaban J connectivity index is 1.75. The number of rotatable bonds is 3. The average molecular weight is 447 g/mol. The molecule has 9 nitrogen and oxygen atoms in total. The van der Waals surface area contributed by atoms with Crippen molar-refractivity contribution >= 4 is 27.5 Å². The molecular weight excluding hydrogens is 430 g/mol. The highest BCUT2D eigenvalue weighted by Gasteiger charge is 2.20. The molecule has 34 heavy (non-hydrogen) atoms. The molecule has 0 radical (unpaired) electrons. The number of aromatic amines is 3. The van der Waals surface area contributed by atoms with Crippen molar-refractivity contribution in [2.24, 2.45) is 0 Å². The van der Waals surface area contributed by atoms with Crippen molar-refractivity contribution in [3.8, 4) is 33.8 Å². The third-order valence-electron chi connectivity index (χ3n) is 5.79. The first kappa shape index (κ1) is 19.6. The smallest absolute Gasteiger partial charge is 0.261 e. The largest absolute Gasteiger partial charge is 0.398 e. The molecule has 0 aliphatic rings. The monoisotopic (exact) mass is 447 g/mol. The summed E-state index contributed by atoms with van der Waals surface area (Å²) < 4.78 is 0. The minimum atomic E-state index is -0.387. The molecule has 9 heteroatoms. The van der Waals surface area contributed by atoms with E-state index in [9.17, 15) is 9.59 Å². The fourth-order valence-electron chi connectivity index (χ4n) is 4.22. The van der Waals surface area contributed by atoms with E-state index in [1.165, 1.54) is 6.07 Å². The topological polar surface area (TPSA) is 146 Å². The summed E-state index contributed by atoms with van der Waals surface area (Å²) >= 11 is 0. The summed E-state index contributed by atoms with van der Waals surface area (Å²) in [6.07, 6.45) is 4.97. The lowest BCUT2D eigenvalue weighted by molar-refractivity contribution is 1.12. The molecule has 164 valence electrons. The first-order chi connectivity index (χ1) is 16.6. The molecular formula is C25H17N7O2. The molecule has 4 heterocycles. The van der Waals surface area contributed by atoms with Crippen LogP contribution in [0.1, 0.15) is 0 Å². The van der Waals surface area contributed by atoms with E-state index in [2.05, 4.69) is 25.1 Å². The van der Waals surface area contributed by atoms with Gasteiger partial charge < -0.3 is 15.7 Å². The Labute approximate surface area is 191 Å². The first-order valence-electron chi connectivity index (χ1n) is 10.5. The van der Waals surface area contributed by atoms with E-state index < -0.39 is 0 Å². The van der Waals surface area contributed by atoms with Crippen molar-refractivity contribution in [2.75, 3.05) is 5.73 Å². The number of nitrogens with one attached hydrogen (secondary N) is 3. The number of anilines is 1. The van der Waals surface area contributed by atoms with Crippen LogP contribution >= 0.6 is 0 Å². The maximum Gasteiger partial charge on any atom is 0.261 e. The van der Waals surface area contributed by atoms with Gasteiger partial charge in [-0.3, -0.25) is 19.7 Å². The summed E-state index contributed by atoms with van der Waals surface area (Å²) in [5.41, 5.74) is 10.7. The van der Waals surface area contributed by atoms with Crippen molar-refractivity contribution in [3.63, 3.8) is 0 Å². The van der Waals surface area contributed by atoms with Gasteiger partial charge in [-0.2, -0.15) is 5.10 Å². The van der Waals surface area contributed by atoms with Gasteiger partial charge in [0.05, 0.1) is 34.0 Å².